The molecule has 0 saturated heterocycles. The number of hydrogen-bond donors (Lipinski definition) is 2. The molecule has 3 rings (SSSR count). The molecule has 0 saturated carbocycles. The van der Waals surface area contributed by atoms with Gasteiger partial charge in [-0.25, -0.2) is 8.42 Å². The molecule has 182 valence electrons. The van der Waals surface area contributed by atoms with E-state index in [1.165, 1.54) is 16.1 Å². The van der Waals surface area contributed by atoms with Crippen molar-refractivity contribution in [3.05, 3.63) is 96.6 Å². The number of carbonyl (C=O) groups is 2. The summed E-state index contributed by atoms with van der Waals surface area (Å²) in [4.78, 5) is 26.4. The maximum absolute atomic E-state index is 13.2. The molecule has 2 amide bonds. The van der Waals surface area contributed by atoms with Crippen LogP contribution >= 0.6 is 11.8 Å². The van der Waals surface area contributed by atoms with E-state index in [2.05, 4.69) is 17.2 Å². The van der Waals surface area contributed by atoms with E-state index in [0.717, 1.165) is 4.90 Å². The monoisotopic (exact) mass is 509 g/mol. The zero-order chi connectivity index (χ0) is 25.4. The largest absolute Gasteiger partial charge is 0.349 e. The van der Waals surface area contributed by atoms with Crippen LogP contribution in [0.2, 0.25) is 0 Å². The smallest absolute Gasteiger partial charge is 0.264 e. The standard InChI is InChI=1S/C26H27N3O4S2/c1-4-18-27-26(31)23-8-6-7-9-24(23)28-25(30)19-10-12-20(13-11-19)29(5-2)35(32,33)22-16-14-21(34-3)15-17-22/h4,6-17H,1,5,18H2,2-3H3,(H,27,31)(H,28,30). The van der Waals surface area contributed by atoms with Gasteiger partial charge in [0, 0.05) is 23.5 Å². The summed E-state index contributed by atoms with van der Waals surface area (Å²) in [5.41, 5.74) is 1.47. The first-order valence-corrected chi connectivity index (χ1v) is 13.5. The van der Waals surface area contributed by atoms with Crippen LogP contribution in [0.15, 0.2) is 95.2 Å². The minimum Gasteiger partial charge on any atom is -0.349 e. The van der Waals surface area contributed by atoms with Crippen LogP contribution < -0.4 is 14.9 Å². The summed E-state index contributed by atoms with van der Waals surface area (Å²) in [5, 5.41) is 5.44. The van der Waals surface area contributed by atoms with Crippen molar-refractivity contribution in [1.82, 2.24) is 5.32 Å². The zero-order valence-corrected chi connectivity index (χ0v) is 21.2. The van der Waals surface area contributed by atoms with Gasteiger partial charge >= 0.3 is 0 Å². The molecule has 35 heavy (non-hydrogen) atoms. The Bertz CT molecular complexity index is 1310. The highest BCUT2D eigenvalue weighted by Gasteiger charge is 2.24. The number of nitrogens with one attached hydrogen (secondary N) is 2. The van der Waals surface area contributed by atoms with Gasteiger partial charge in [0.1, 0.15) is 0 Å². The lowest BCUT2D eigenvalue weighted by Gasteiger charge is -2.23. The molecule has 0 fully saturated rings. The number of carbonyl (C=O) groups excluding carboxylic acids is 2. The molecule has 7 nitrogen and oxygen atoms in total. The van der Waals surface area contributed by atoms with Crippen molar-refractivity contribution in [3.63, 3.8) is 0 Å². The van der Waals surface area contributed by atoms with E-state index < -0.39 is 15.9 Å². The second kappa shape index (κ2) is 11.7. The van der Waals surface area contributed by atoms with Crippen LogP contribution in [0.5, 0.6) is 0 Å². The second-order valence-electron chi connectivity index (χ2n) is 7.39. The van der Waals surface area contributed by atoms with E-state index in [1.807, 2.05) is 6.26 Å². The van der Waals surface area contributed by atoms with Crippen LogP contribution in [0.3, 0.4) is 0 Å². The molecular formula is C26H27N3O4S2. The first-order chi connectivity index (χ1) is 16.8. The topological polar surface area (TPSA) is 95.6 Å². The summed E-state index contributed by atoms with van der Waals surface area (Å²) in [6.45, 7) is 5.86. The van der Waals surface area contributed by atoms with Gasteiger partial charge in [-0.2, -0.15) is 0 Å². The van der Waals surface area contributed by atoms with E-state index in [0.29, 0.717) is 29.0 Å². The molecule has 0 aromatic heterocycles. The molecule has 2 N–H and O–H groups in total. The fourth-order valence-electron chi connectivity index (χ4n) is 3.39. The molecule has 3 aromatic carbocycles. The normalized spacial score (nSPS) is 10.9. The molecule has 0 spiro atoms. The van der Waals surface area contributed by atoms with Crippen molar-refractivity contribution in [3.8, 4) is 0 Å². The Morgan fingerprint density at radius 2 is 1.63 bits per heavy atom. The van der Waals surface area contributed by atoms with Crippen molar-refractivity contribution >= 4 is 45.0 Å². The molecule has 3 aromatic rings. The van der Waals surface area contributed by atoms with Crippen LogP contribution in [0.1, 0.15) is 27.6 Å². The number of amides is 2. The molecule has 0 aliphatic rings. The van der Waals surface area contributed by atoms with Gasteiger partial charge in [0.15, 0.2) is 0 Å². The van der Waals surface area contributed by atoms with Gasteiger partial charge in [-0.3, -0.25) is 13.9 Å². The lowest BCUT2D eigenvalue weighted by atomic mass is 10.1. The quantitative estimate of drug-likeness (QED) is 0.303. The summed E-state index contributed by atoms with van der Waals surface area (Å²) in [5.74, 6) is -0.746. The Kier molecular flexibility index (Phi) is 8.73. The van der Waals surface area contributed by atoms with Gasteiger partial charge in [0.05, 0.1) is 21.8 Å². The van der Waals surface area contributed by atoms with Gasteiger partial charge in [-0.1, -0.05) is 18.2 Å². The lowest BCUT2D eigenvalue weighted by molar-refractivity contribution is 0.0959. The van der Waals surface area contributed by atoms with Crippen molar-refractivity contribution < 1.29 is 18.0 Å². The summed E-state index contributed by atoms with van der Waals surface area (Å²) >= 11 is 1.54. The van der Waals surface area contributed by atoms with Crippen LogP contribution in [-0.2, 0) is 10.0 Å². The molecule has 0 heterocycles. The Hall–Kier alpha value is -3.56. The highest BCUT2D eigenvalue weighted by molar-refractivity contribution is 7.98. The molecule has 0 aliphatic heterocycles. The van der Waals surface area contributed by atoms with E-state index in [1.54, 1.807) is 85.8 Å². The predicted molar refractivity (Wildman–Crippen MR) is 142 cm³/mol. The average Bonchev–Trinajstić information content (AvgIpc) is 2.88. The second-order valence-corrected chi connectivity index (χ2v) is 10.1. The van der Waals surface area contributed by atoms with Crippen molar-refractivity contribution in [2.75, 3.05) is 29.0 Å². The summed E-state index contributed by atoms with van der Waals surface area (Å²) in [7, 11) is -3.76. The van der Waals surface area contributed by atoms with Crippen LogP contribution in [0, 0.1) is 0 Å². The van der Waals surface area contributed by atoms with Crippen LogP contribution in [0.25, 0.3) is 0 Å². The van der Waals surface area contributed by atoms with Crippen molar-refractivity contribution in [1.29, 1.82) is 0 Å². The zero-order valence-electron chi connectivity index (χ0n) is 19.5. The van der Waals surface area contributed by atoms with E-state index in [-0.39, 0.29) is 17.3 Å². The molecule has 0 unspecified atom stereocenters. The summed E-state index contributed by atoms with van der Waals surface area (Å²) in [6.07, 6.45) is 3.50. The van der Waals surface area contributed by atoms with Crippen molar-refractivity contribution in [2.45, 2.75) is 16.7 Å². The Morgan fingerprint density at radius 1 is 0.971 bits per heavy atom. The number of anilines is 2. The number of benzene rings is 3. The minimum atomic E-state index is -3.76. The molecule has 9 heteroatoms. The van der Waals surface area contributed by atoms with Gasteiger partial charge in [-0.05, 0) is 73.8 Å². The Balaban J connectivity index is 1.80. The van der Waals surface area contributed by atoms with Crippen LogP contribution in [0.4, 0.5) is 11.4 Å². The van der Waals surface area contributed by atoms with Gasteiger partial charge < -0.3 is 10.6 Å². The van der Waals surface area contributed by atoms with Gasteiger partial charge in [0.25, 0.3) is 21.8 Å². The lowest BCUT2D eigenvalue weighted by Crippen LogP contribution is -2.30. The number of sulfonamides is 1. The summed E-state index contributed by atoms with van der Waals surface area (Å²) in [6, 6.07) is 19.7. The molecule has 0 atom stereocenters. The highest BCUT2D eigenvalue weighted by Crippen LogP contribution is 2.26. The highest BCUT2D eigenvalue weighted by atomic mass is 32.2. The molecular weight excluding hydrogens is 482 g/mol. The minimum absolute atomic E-state index is 0.199. The first kappa shape index (κ1) is 26.1. The fourth-order valence-corrected chi connectivity index (χ4v) is 5.27. The van der Waals surface area contributed by atoms with Gasteiger partial charge in [-0.15, -0.1) is 18.3 Å². The number of hydrogen-bond acceptors (Lipinski definition) is 5. The third kappa shape index (κ3) is 6.12. The fraction of sp³-hybridized carbons (Fsp3) is 0.154. The predicted octanol–water partition coefficient (Wildman–Crippen LogP) is 4.79. The molecule has 0 radical (unpaired) electrons. The van der Waals surface area contributed by atoms with Crippen molar-refractivity contribution in [2.24, 2.45) is 0 Å². The number of para-hydroxylation sites is 1. The average molecular weight is 510 g/mol. The van der Waals surface area contributed by atoms with E-state index >= 15 is 0 Å². The van der Waals surface area contributed by atoms with Gasteiger partial charge in [0.2, 0.25) is 0 Å². The Morgan fingerprint density at radius 3 is 2.23 bits per heavy atom. The maximum atomic E-state index is 13.2. The Labute approximate surface area is 210 Å². The van der Waals surface area contributed by atoms with E-state index in [9.17, 15) is 18.0 Å². The summed E-state index contributed by atoms with van der Waals surface area (Å²) < 4.78 is 27.7. The third-order valence-electron chi connectivity index (χ3n) is 5.18. The first-order valence-electron chi connectivity index (χ1n) is 10.9. The maximum Gasteiger partial charge on any atom is 0.264 e. The third-order valence-corrected chi connectivity index (χ3v) is 7.84. The number of nitrogens with zero attached hydrogens (tertiary/aromatic N) is 1. The molecule has 0 aliphatic carbocycles. The van der Waals surface area contributed by atoms with Crippen LogP contribution in [-0.4, -0.2) is 39.6 Å². The number of rotatable bonds is 10. The SMILES string of the molecule is C=CCNC(=O)c1ccccc1NC(=O)c1ccc(N(CC)S(=O)(=O)c2ccc(SC)cc2)cc1. The molecule has 0 bridgehead atoms. The van der Waals surface area contributed by atoms with E-state index in [4.69, 9.17) is 0 Å². The number of thioether (sulfide) groups is 1.